The number of allylic oxidation sites excluding steroid dienone is 1. The number of hydrogen-bond acceptors (Lipinski definition) is 10. The first-order valence-corrected chi connectivity index (χ1v) is 17.5. The zero-order valence-corrected chi connectivity index (χ0v) is 27.2. The fourth-order valence-corrected chi connectivity index (χ4v) is 8.41. The molecule has 7 rings (SSSR count). The van der Waals surface area contributed by atoms with Crippen LogP contribution in [-0.2, 0) is 9.57 Å². The van der Waals surface area contributed by atoms with E-state index in [9.17, 15) is 20.4 Å². The predicted molar refractivity (Wildman–Crippen MR) is 178 cm³/mol. The van der Waals surface area contributed by atoms with Crippen molar-refractivity contribution in [1.82, 2.24) is 15.0 Å². The predicted octanol–water partition coefficient (Wildman–Crippen LogP) is 5.47. The van der Waals surface area contributed by atoms with Crippen LogP contribution in [0.15, 0.2) is 71.5 Å². The maximum atomic E-state index is 13.1. The van der Waals surface area contributed by atoms with Crippen LogP contribution in [-0.4, -0.2) is 73.0 Å². The molecule has 48 heavy (non-hydrogen) atoms. The number of unbranched alkanes of at least 4 members (excludes halogenated alkanes) is 2. The Labute approximate surface area is 280 Å². The van der Waals surface area contributed by atoms with Gasteiger partial charge >= 0.3 is 0 Å². The van der Waals surface area contributed by atoms with Gasteiger partial charge in [-0.2, -0.15) is 0 Å². The molecule has 0 bridgehead atoms. The number of aromatic nitrogens is 3. The largest absolute Gasteiger partial charge is 0.508 e. The number of aromatic hydroxyl groups is 1. The molecule has 7 atom stereocenters. The number of hydrogen-bond donors (Lipinski definition) is 4. The summed E-state index contributed by atoms with van der Waals surface area (Å²) < 4.78 is 14.3. The van der Waals surface area contributed by atoms with Gasteiger partial charge in [-0.25, -0.2) is 4.68 Å². The van der Waals surface area contributed by atoms with Crippen LogP contribution in [0, 0.1) is 17.8 Å². The molecule has 256 valence electrons. The smallest absolute Gasteiger partial charge is 0.238 e. The van der Waals surface area contributed by atoms with E-state index in [1.54, 1.807) is 29.1 Å². The second-order valence-corrected chi connectivity index (χ2v) is 13.6. The Morgan fingerprint density at radius 1 is 1.00 bits per heavy atom. The number of oxime groups is 1. The van der Waals surface area contributed by atoms with Crippen LogP contribution in [0.2, 0.25) is 0 Å². The topological polar surface area (TPSA) is 152 Å². The quantitative estimate of drug-likeness (QED) is 0.147. The summed E-state index contributed by atoms with van der Waals surface area (Å²) in [5, 5.41) is 56.9. The molecule has 0 amide bonds. The lowest BCUT2D eigenvalue weighted by molar-refractivity contribution is -0.225. The number of aliphatic hydroxyl groups excluding tert-OH is 2. The standard InChI is InChI=1S/C37H46N4O7/c42-17-7-4-12-25-20-28-30(39-48-34-14-6-9-19-46-34)22-33(41-31(23-38-40-41)24-10-2-1-3-11-24)37(45)36(28)35(27(25)13-5-8-18-43)29-21-26(44)15-16-32(29)47-37/h1-3,10-11,15-16,20-21,23,25,27,33-36,42-45H,4-9,12-14,17-19,22H2/t25-,27+,33-,34?,35+,36+,37+/m0/s1. The molecule has 1 saturated heterocycles. The summed E-state index contributed by atoms with van der Waals surface area (Å²) >= 11 is 0. The Morgan fingerprint density at radius 3 is 2.58 bits per heavy atom. The number of rotatable bonds is 12. The number of benzene rings is 2. The van der Waals surface area contributed by atoms with E-state index < -0.39 is 24.0 Å². The van der Waals surface area contributed by atoms with Crippen molar-refractivity contribution in [1.29, 1.82) is 0 Å². The summed E-state index contributed by atoms with van der Waals surface area (Å²) in [6, 6.07) is 14.2. The van der Waals surface area contributed by atoms with Gasteiger partial charge in [0.05, 0.1) is 30.1 Å². The second kappa shape index (κ2) is 14.4. The molecule has 4 aliphatic rings. The number of ether oxygens (including phenoxy) is 2. The average molecular weight is 659 g/mol. The third-order valence-corrected chi connectivity index (χ3v) is 10.6. The van der Waals surface area contributed by atoms with Gasteiger partial charge < -0.3 is 34.7 Å². The molecule has 1 unspecified atom stereocenters. The first-order chi connectivity index (χ1) is 23.5. The molecular weight excluding hydrogens is 612 g/mol. The number of nitrogens with zero attached hydrogens (tertiary/aromatic N) is 4. The lowest BCUT2D eigenvalue weighted by Gasteiger charge is -2.56. The Hall–Kier alpha value is -3.77. The van der Waals surface area contributed by atoms with Gasteiger partial charge in [-0.15, -0.1) is 5.10 Å². The average Bonchev–Trinajstić information content (AvgIpc) is 3.59. The van der Waals surface area contributed by atoms with Crippen molar-refractivity contribution in [2.24, 2.45) is 22.9 Å². The van der Waals surface area contributed by atoms with Crippen molar-refractivity contribution in [2.75, 3.05) is 19.8 Å². The Kier molecular flexibility index (Phi) is 9.81. The molecule has 2 aliphatic heterocycles. The van der Waals surface area contributed by atoms with Gasteiger partial charge in [0.25, 0.3) is 0 Å². The molecule has 2 fully saturated rings. The van der Waals surface area contributed by atoms with Crippen molar-refractivity contribution in [3.05, 3.63) is 71.9 Å². The lowest BCUT2D eigenvalue weighted by Crippen LogP contribution is -2.62. The van der Waals surface area contributed by atoms with Crippen LogP contribution in [0.1, 0.15) is 81.7 Å². The number of fused-ring (bicyclic) bond motifs is 2. The second-order valence-electron chi connectivity index (χ2n) is 13.6. The molecule has 0 radical (unpaired) electrons. The Balaban J connectivity index is 1.40. The molecule has 0 spiro atoms. The van der Waals surface area contributed by atoms with E-state index in [4.69, 9.17) is 19.5 Å². The van der Waals surface area contributed by atoms with E-state index in [-0.39, 0.29) is 43.1 Å². The minimum Gasteiger partial charge on any atom is -0.508 e. The number of phenols is 1. The minimum atomic E-state index is -1.75. The highest BCUT2D eigenvalue weighted by molar-refractivity contribution is 6.02. The molecule has 1 aromatic heterocycles. The van der Waals surface area contributed by atoms with Gasteiger partial charge in [-0.05, 0) is 74.1 Å². The first kappa shape index (κ1) is 32.8. The first-order valence-electron chi connectivity index (χ1n) is 17.5. The summed E-state index contributed by atoms with van der Waals surface area (Å²) in [5.41, 5.74) is 4.07. The third kappa shape index (κ3) is 6.24. The van der Waals surface area contributed by atoms with E-state index in [1.807, 2.05) is 30.3 Å². The van der Waals surface area contributed by atoms with E-state index in [2.05, 4.69) is 16.4 Å². The normalized spacial score (nSPS) is 30.2. The van der Waals surface area contributed by atoms with Crippen LogP contribution in [0.25, 0.3) is 11.3 Å². The van der Waals surface area contributed by atoms with E-state index in [1.165, 1.54) is 0 Å². The van der Waals surface area contributed by atoms with Crippen LogP contribution in [0.4, 0.5) is 0 Å². The zero-order valence-electron chi connectivity index (χ0n) is 27.2. The van der Waals surface area contributed by atoms with Gasteiger partial charge in [0.15, 0.2) is 0 Å². The lowest BCUT2D eigenvalue weighted by atomic mass is 9.55. The van der Waals surface area contributed by atoms with Gasteiger partial charge in [-0.3, -0.25) is 0 Å². The summed E-state index contributed by atoms with van der Waals surface area (Å²) in [6.07, 6.45) is 11.2. The van der Waals surface area contributed by atoms with E-state index in [0.717, 1.165) is 67.3 Å². The monoisotopic (exact) mass is 658 g/mol. The summed E-state index contributed by atoms with van der Waals surface area (Å²) in [5.74, 6) is -1.74. The highest BCUT2D eigenvalue weighted by Gasteiger charge is 2.63. The van der Waals surface area contributed by atoms with Crippen LogP contribution in [0.3, 0.4) is 0 Å². The third-order valence-electron chi connectivity index (χ3n) is 10.6. The van der Waals surface area contributed by atoms with Crippen LogP contribution in [0.5, 0.6) is 11.5 Å². The zero-order chi connectivity index (χ0) is 33.1. The summed E-state index contributed by atoms with van der Waals surface area (Å²) in [7, 11) is 0. The molecule has 3 aromatic rings. The van der Waals surface area contributed by atoms with Gasteiger partial charge in [0.1, 0.15) is 17.5 Å². The molecule has 4 N–H and O–H groups in total. The highest BCUT2D eigenvalue weighted by atomic mass is 16.8. The van der Waals surface area contributed by atoms with Crippen molar-refractivity contribution in [2.45, 2.75) is 88.2 Å². The van der Waals surface area contributed by atoms with E-state index >= 15 is 0 Å². The maximum Gasteiger partial charge on any atom is 0.238 e. The SMILES string of the molecule is OCCCC[C@H]1[C@@H]2c3cc(O)ccc3O[C@@]3(O)[C@@H]2C(=C[C@@H]1CCCCO)C(=NOC1CCCCO1)C[C@@H]3n1nncc1-c1ccccc1. The molecule has 11 nitrogen and oxygen atoms in total. The van der Waals surface area contributed by atoms with Crippen molar-refractivity contribution in [3.8, 4) is 22.8 Å². The molecule has 1 saturated carbocycles. The van der Waals surface area contributed by atoms with Crippen molar-refractivity contribution in [3.63, 3.8) is 0 Å². The number of phenolic OH excluding ortho intramolecular Hbond substituents is 1. The summed E-state index contributed by atoms with van der Waals surface area (Å²) in [4.78, 5) is 6.09. The molecular formula is C37H46N4O7. The molecule has 11 heteroatoms. The van der Waals surface area contributed by atoms with Crippen LogP contribution >= 0.6 is 0 Å². The van der Waals surface area contributed by atoms with Crippen molar-refractivity contribution < 1.29 is 34.7 Å². The van der Waals surface area contributed by atoms with Gasteiger partial charge in [0, 0.05) is 43.1 Å². The Bertz CT molecular complexity index is 1600. The van der Waals surface area contributed by atoms with Crippen molar-refractivity contribution >= 4 is 5.71 Å². The molecule has 3 heterocycles. The van der Waals surface area contributed by atoms with Gasteiger partial charge in [-0.1, -0.05) is 59.6 Å². The fraction of sp³-hybridized carbons (Fsp3) is 0.541. The van der Waals surface area contributed by atoms with Gasteiger partial charge in [0.2, 0.25) is 12.1 Å². The fourth-order valence-electron chi connectivity index (χ4n) is 8.41. The highest BCUT2D eigenvalue weighted by Crippen LogP contribution is 2.62. The summed E-state index contributed by atoms with van der Waals surface area (Å²) in [6.45, 7) is 0.858. The molecule has 2 aromatic carbocycles. The maximum absolute atomic E-state index is 13.1. The molecule has 2 aliphatic carbocycles. The number of aliphatic hydroxyl groups is 3. The van der Waals surface area contributed by atoms with E-state index in [0.29, 0.717) is 30.9 Å². The Morgan fingerprint density at radius 2 is 1.81 bits per heavy atom. The minimum absolute atomic E-state index is 0.0619. The van der Waals surface area contributed by atoms with Crippen LogP contribution < -0.4 is 4.74 Å².